The second-order valence-electron chi connectivity index (χ2n) is 5.48. The van der Waals surface area contributed by atoms with Gasteiger partial charge in [-0.05, 0) is 35.7 Å². The number of nitrogens with one attached hydrogen (secondary N) is 1. The van der Waals surface area contributed by atoms with Crippen molar-refractivity contribution in [2.75, 3.05) is 7.11 Å². The number of H-pyrrole nitrogens is 1. The van der Waals surface area contributed by atoms with Gasteiger partial charge in [-0.3, -0.25) is 4.79 Å². The van der Waals surface area contributed by atoms with E-state index >= 15 is 0 Å². The van der Waals surface area contributed by atoms with Crippen molar-refractivity contribution >= 4 is 21.7 Å². The van der Waals surface area contributed by atoms with Crippen LogP contribution in [0.4, 0.5) is 0 Å². The summed E-state index contributed by atoms with van der Waals surface area (Å²) in [5.41, 5.74) is 0.819. The maximum Gasteiger partial charge on any atom is 0.259 e. The number of para-hydroxylation sites is 1. The van der Waals surface area contributed by atoms with E-state index in [0.717, 1.165) is 10.8 Å². The molecule has 0 aliphatic heterocycles. The number of aromatic hydroxyl groups is 1. The van der Waals surface area contributed by atoms with Crippen LogP contribution in [0.2, 0.25) is 0 Å². The van der Waals surface area contributed by atoms with Gasteiger partial charge in [-0.1, -0.05) is 24.3 Å². The Bertz CT molecular complexity index is 1130. The molecule has 1 aromatic heterocycles. The van der Waals surface area contributed by atoms with Gasteiger partial charge in [0.05, 0.1) is 23.6 Å². The van der Waals surface area contributed by atoms with Crippen molar-refractivity contribution in [3.63, 3.8) is 0 Å². The summed E-state index contributed by atoms with van der Waals surface area (Å²) in [5, 5.41) is 12.6. The normalized spacial score (nSPS) is 11.0. The minimum Gasteiger partial charge on any atom is -0.507 e. The van der Waals surface area contributed by atoms with E-state index in [-0.39, 0.29) is 11.3 Å². The summed E-state index contributed by atoms with van der Waals surface area (Å²) in [6, 6.07) is 16.1. The van der Waals surface area contributed by atoms with Gasteiger partial charge in [0.15, 0.2) is 0 Å². The van der Waals surface area contributed by atoms with Crippen molar-refractivity contribution in [3.8, 4) is 22.9 Å². The van der Waals surface area contributed by atoms with Gasteiger partial charge in [-0.25, -0.2) is 4.98 Å². The first kappa shape index (κ1) is 14.3. The number of benzene rings is 3. The van der Waals surface area contributed by atoms with Crippen molar-refractivity contribution < 1.29 is 9.84 Å². The molecule has 1 heterocycles. The molecule has 4 aromatic rings. The zero-order valence-corrected chi connectivity index (χ0v) is 12.9. The minimum absolute atomic E-state index is 0.0502. The number of hydrogen-bond acceptors (Lipinski definition) is 4. The highest BCUT2D eigenvalue weighted by Crippen LogP contribution is 2.36. The number of aromatic nitrogens is 2. The summed E-state index contributed by atoms with van der Waals surface area (Å²) in [4.78, 5) is 19.6. The Hall–Kier alpha value is -3.34. The molecule has 0 amide bonds. The Kier molecular flexibility index (Phi) is 3.20. The van der Waals surface area contributed by atoms with Crippen LogP contribution in [0.1, 0.15) is 0 Å². The van der Waals surface area contributed by atoms with E-state index < -0.39 is 0 Å². The summed E-state index contributed by atoms with van der Waals surface area (Å²) in [7, 11) is 1.58. The third kappa shape index (κ3) is 2.18. The molecular formula is C19H14N2O3. The molecule has 3 aromatic carbocycles. The molecule has 0 bridgehead atoms. The molecule has 5 heteroatoms. The number of nitrogens with zero attached hydrogens (tertiary/aromatic N) is 1. The summed E-state index contributed by atoms with van der Waals surface area (Å²) in [5.74, 6) is 1.04. The standard InChI is InChI=1S/C19H14N2O3/c1-24-12-8-6-11-7-9-16(22)17(14(11)10-12)18-20-15-5-3-2-4-13(15)19(23)21-18/h2-10,22H,1H3,(H,20,21,23). The Morgan fingerprint density at radius 3 is 2.67 bits per heavy atom. The van der Waals surface area contributed by atoms with Gasteiger partial charge in [0.1, 0.15) is 17.3 Å². The Morgan fingerprint density at radius 1 is 1.04 bits per heavy atom. The second kappa shape index (κ2) is 5.38. The van der Waals surface area contributed by atoms with Gasteiger partial charge < -0.3 is 14.8 Å². The molecule has 0 spiro atoms. The van der Waals surface area contributed by atoms with E-state index in [4.69, 9.17) is 4.74 Å². The molecule has 0 unspecified atom stereocenters. The Balaban J connectivity index is 2.09. The van der Waals surface area contributed by atoms with Crippen LogP contribution in [0.5, 0.6) is 11.5 Å². The minimum atomic E-state index is -0.241. The molecule has 0 atom stereocenters. The average Bonchev–Trinajstić information content (AvgIpc) is 2.61. The number of phenolic OH excluding ortho intramolecular Hbond substituents is 1. The lowest BCUT2D eigenvalue weighted by atomic mass is 10.0. The highest BCUT2D eigenvalue weighted by Gasteiger charge is 2.14. The molecule has 0 radical (unpaired) electrons. The van der Waals surface area contributed by atoms with Crippen LogP contribution in [0, 0.1) is 0 Å². The molecule has 118 valence electrons. The molecule has 0 aliphatic rings. The van der Waals surface area contributed by atoms with E-state index in [1.807, 2.05) is 30.3 Å². The number of phenols is 1. The predicted molar refractivity (Wildman–Crippen MR) is 93.5 cm³/mol. The number of aromatic amines is 1. The van der Waals surface area contributed by atoms with E-state index in [0.29, 0.717) is 28.0 Å². The summed E-state index contributed by atoms with van der Waals surface area (Å²) < 4.78 is 5.27. The first-order chi connectivity index (χ1) is 11.7. The van der Waals surface area contributed by atoms with Crippen molar-refractivity contribution in [3.05, 3.63) is 65.0 Å². The van der Waals surface area contributed by atoms with Crippen LogP contribution in [-0.2, 0) is 0 Å². The fourth-order valence-corrected chi connectivity index (χ4v) is 2.87. The zero-order valence-electron chi connectivity index (χ0n) is 12.9. The first-order valence-electron chi connectivity index (χ1n) is 7.46. The highest BCUT2D eigenvalue weighted by atomic mass is 16.5. The van der Waals surface area contributed by atoms with Crippen LogP contribution in [-0.4, -0.2) is 22.2 Å². The lowest BCUT2D eigenvalue weighted by molar-refractivity contribution is 0.415. The average molecular weight is 318 g/mol. The van der Waals surface area contributed by atoms with E-state index in [2.05, 4.69) is 9.97 Å². The molecule has 0 saturated heterocycles. The first-order valence-corrected chi connectivity index (χ1v) is 7.46. The Morgan fingerprint density at radius 2 is 1.83 bits per heavy atom. The van der Waals surface area contributed by atoms with E-state index in [1.165, 1.54) is 0 Å². The number of rotatable bonds is 2. The summed E-state index contributed by atoms with van der Waals surface area (Å²) >= 11 is 0. The lowest BCUT2D eigenvalue weighted by Gasteiger charge is -2.10. The van der Waals surface area contributed by atoms with Crippen LogP contribution >= 0.6 is 0 Å². The fraction of sp³-hybridized carbons (Fsp3) is 0.0526. The van der Waals surface area contributed by atoms with Crippen LogP contribution in [0.15, 0.2) is 59.4 Å². The van der Waals surface area contributed by atoms with Gasteiger partial charge in [-0.2, -0.15) is 0 Å². The molecule has 4 rings (SSSR count). The maximum absolute atomic E-state index is 12.3. The largest absolute Gasteiger partial charge is 0.507 e. The third-order valence-electron chi connectivity index (χ3n) is 4.06. The van der Waals surface area contributed by atoms with Crippen molar-refractivity contribution in [2.45, 2.75) is 0 Å². The lowest BCUT2D eigenvalue weighted by Crippen LogP contribution is -2.09. The molecular weight excluding hydrogens is 304 g/mol. The predicted octanol–water partition coefficient (Wildman–Crippen LogP) is 3.46. The smallest absolute Gasteiger partial charge is 0.259 e. The zero-order chi connectivity index (χ0) is 16.7. The van der Waals surface area contributed by atoms with Crippen molar-refractivity contribution in [1.29, 1.82) is 0 Å². The molecule has 0 aliphatic carbocycles. The van der Waals surface area contributed by atoms with Crippen molar-refractivity contribution in [2.24, 2.45) is 0 Å². The third-order valence-corrected chi connectivity index (χ3v) is 4.06. The number of ether oxygens (including phenoxy) is 1. The van der Waals surface area contributed by atoms with Gasteiger partial charge in [0, 0.05) is 5.39 Å². The van der Waals surface area contributed by atoms with Crippen molar-refractivity contribution in [1.82, 2.24) is 9.97 Å². The quantitative estimate of drug-likeness (QED) is 0.593. The van der Waals surface area contributed by atoms with Crippen LogP contribution in [0.25, 0.3) is 33.1 Å². The molecule has 5 nitrogen and oxygen atoms in total. The molecule has 0 saturated carbocycles. The van der Waals surface area contributed by atoms with Gasteiger partial charge in [-0.15, -0.1) is 0 Å². The number of methoxy groups -OCH3 is 1. The SMILES string of the molecule is COc1ccc2ccc(O)c(-c3nc4ccccc4c(=O)[nH]3)c2c1. The summed E-state index contributed by atoms with van der Waals surface area (Å²) in [6.45, 7) is 0. The summed E-state index contributed by atoms with van der Waals surface area (Å²) in [6.07, 6.45) is 0. The molecule has 2 N–H and O–H groups in total. The van der Waals surface area contributed by atoms with Gasteiger partial charge in [0.2, 0.25) is 0 Å². The van der Waals surface area contributed by atoms with Crippen LogP contribution < -0.4 is 10.3 Å². The Labute approximate surface area is 137 Å². The monoisotopic (exact) mass is 318 g/mol. The highest BCUT2D eigenvalue weighted by molar-refractivity contribution is 5.99. The fourth-order valence-electron chi connectivity index (χ4n) is 2.87. The maximum atomic E-state index is 12.3. The van der Waals surface area contributed by atoms with E-state index in [1.54, 1.807) is 31.4 Å². The topological polar surface area (TPSA) is 75.2 Å². The van der Waals surface area contributed by atoms with Gasteiger partial charge >= 0.3 is 0 Å². The second-order valence-corrected chi connectivity index (χ2v) is 5.48. The van der Waals surface area contributed by atoms with Crippen LogP contribution in [0.3, 0.4) is 0 Å². The van der Waals surface area contributed by atoms with E-state index in [9.17, 15) is 9.90 Å². The molecule has 0 fully saturated rings. The van der Waals surface area contributed by atoms with Gasteiger partial charge in [0.25, 0.3) is 5.56 Å². The number of fused-ring (bicyclic) bond motifs is 2. The molecule has 24 heavy (non-hydrogen) atoms. The number of hydrogen-bond donors (Lipinski definition) is 2.